The quantitative estimate of drug-likeness (QED) is 0.594. The predicted octanol–water partition coefficient (Wildman–Crippen LogP) is 0.516. The van der Waals surface area contributed by atoms with E-state index in [0.29, 0.717) is 0 Å². The fourth-order valence-electron chi connectivity index (χ4n) is 1.93. The average Bonchev–Trinajstić information content (AvgIpc) is 2.46. The van der Waals surface area contributed by atoms with Gasteiger partial charge in [0, 0.05) is 0 Å². The smallest absolute Gasteiger partial charge is 1.00 e. The SMILES string of the molecule is Cc1ccc2c(c1)C=CC2[Si](C)C.[H-].[Na+]. The topological polar surface area (TPSA) is 0 Å². The van der Waals surface area contributed by atoms with E-state index in [0.717, 1.165) is 5.54 Å². The van der Waals surface area contributed by atoms with Gasteiger partial charge in [-0.2, -0.15) is 0 Å². The van der Waals surface area contributed by atoms with Gasteiger partial charge in [0.05, 0.1) is 8.80 Å². The molecule has 0 heterocycles. The van der Waals surface area contributed by atoms with Crippen LogP contribution in [0.4, 0.5) is 0 Å². The van der Waals surface area contributed by atoms with Crippen molar-refractivity contribution in [1.29, 1.82) is 0 Å². The van der Waals surface area contributed by atoms with Gasteiger partial charge in [-0.1, -0.05) is 49.0 Å². The van der Waals surface area contributed by atoms with Crippen LogP contribution in [0.25, 0.3) is 6.08 Å². The number of hydrogen-bond acceptors (Lipinski definition) is 0. The van der Waals surface area contributed by atoms with E-state index in [4.69, 9.17) is 0 Å². The molecule has 2 heteroatoms. The minimum absolute atomic E-state index is 0. The summed E-state index contributed by atoms with van der Waals surface area (Å²) in [6, 6.07) is 6.81. The van der Waals surface area contributed by atoms with Crippen LogP contribution >= 0.6 is 0 Å². The van der Waals surface area contributed by atoms with Crippen LogP contribution in [0.3, 0.4) is 0 Å². The molecule has 1 unspecified atom stereocenters. The van der Waals surface area contributed by atoms with Crippen molar-refractivity contribution in [3.05, 3.63) is 41.0 Å². The summed E-state index contributed by atoms with van der Waals surface area (Å²) in [7, 11) is -0.224. The van der Waals surface area contributed by atoms with Gasteiger partial charge in [0.2, 0.25) is 0 Å². The van der Waals surface area contributed by atoms with Gasteiger partial charge in [-0.05, 0) is 23.6 Å². The van der Waals surface area contributed by atoms with E-state index in [2.05, 4.69) is 50.4 Å². The molecule has 69 valence electrons. The summed E-state index contributed by atoms with van der Waals surface area (Å²) in [5.41, 5.74) is 5.09. The zero-order chi connectivity index (χ0) is 9.42. The number of benzene rings is 1. The maximum absolute atomic E-state index is 2.38. The van der Waals surface area contributed by atoms with E-state index in [9.17, 15) is 0 Å². The normalized spacial score (nSPS) is 18.1. The van der Waals surface area contributed by atoms with Crippen molar-refractivity contribution in [1.82, 2.24) is 0 Å². The standard InChI is InChI=1S/C12H15Si.Na.H/c1-9-4-6-11-10(8-9)5-7-12(11)13(2)3;;/h4-8,12H,1-3H3;;/q;+1;-1. The second-order valence-corrected chi connectivity index (χ2v) is 6.82. The molecule has 0 aliphatic heterocycles. The van der Waals surface area contributed by atoms with E-state index in [-0.39, 0.29) is 39.8 Å². The molecule has 0 N–H and O–H groups in total. The second kappa shape index (κ2) is 4.80. The zero-order valence-electron chi connectivity index (χ0n) is 10.5. The van der Waals surface area contributed by atoms with E-state index in [1.165, 1.54) is 11.1 Å². The molecular weight excluding hydrogens is 195 g/mol. The Balaban J connectivity index is 0.000000980. The van der Waals surface area contributed by atoms with E-state index in [1.54, 1.807) is 5.56 Å². The average molecular weight is 211 g/mol. The Morgan fingerprint density at radius 1 is 1.29 bits per heavy atom. The van der Waals surface area contributed by atoms with Gasteiger partial charge in [-0.25, -0.2) is 0 Å². The van der Waals surface area contributed by atoms with Crippen LogP contribution in [0.15, 0.2) is 24.3 Å². The molecule has 1 aromatic carbocycles. The number of rotatable bonds is 1. The van der Waals surface area contributed by atoms with Crippen LogP contribution in [-0.4, -0.2) is 8.80 Å². The van der Waals surface area contributed by atoms with Crippen LogP contribution < -0.4 is 29.6 Å². The van der Waals surface area contributed by atoms with Gasteiger partial charge in [0.1, 0.15) is 0 Å². The van der Waals surface area contributed by atoms with Gasteiger partial charge in [0.15, 0.2) is 0 Å². The van der Waals surface area contributed by atoms with Crippen LogP contribution in [-0.2, 0) is 0 Å². The van der Waals surface area contributed by atoms with E-state index in [1.807, 2.05) is 0 Å². The zero-order valence-corrected chi connectivity index (χ0v) is 12.5. The first kappa shape index (κ1) is 12.2. The Labute approximate surface area is 112 Å². The summed E-state index contributed by atoms with van der Waals surface area (Å²) in [4.78, 5) is 0. The molecule has 1 atom stereocenters. The Bertz CT molecular complexity index is 361. The maximum atomic E-state index is 2.38. The van der Waals surface area contributed by atoms with Crippen LogP contribution in [0.5, 0.6) is 0 Å². The largest absolute Gasteiger partial charge is 1.00 e. The fraction of sp³-hybridized carbons (Fsp3) is 0.333. The summed E-state index contributed by atoms with van der Waals surface area (Å²) >= 11 is 0. The van der Waals surface area contributed by atoms with E-state index >= 15 is 0 Å². The van der Waals surface area contributed by atoms with Crippen molar-refractivity contribution >= 4 is 14.9 Å². The Morgan fingerprint density at radius 3 is 2.64 bits per heavy atom. The predicted molar refractivity (Wildman–Crippen MR) is 61.5 cm³/mol. The Hall–Kier alpha value is 0.177. The number of hydrogen-bond donors (Lipinski definition) is 0. The summed E-state index contributed by atoms with van der Waals surface area (Å²) in [5.74, 6) is 0. The number of fused-ring (bicyclic) bond motifs is 1. The molecule has 0 spiro atoms. The molecule has 14 heavy (non-hydrogen) atoms. The summed E-state index contributed by atoms with van der Waals surface area (Å²) in [5, 5.41) is 0. The Kier molecular flexibility index (Phi) is 4.20. The van der Waals surface area contributed by atoms with Crippen molar-refractivity contribution < 1.29 is 31.0 Å². The molecule has 1 aliphatic rings. The molecule has 1 aromatic rings. The third-order valence-electron chi connectivity index (χ3n) is 2.67. The monoisotopic (exact) mass is 211 g/mol. The summed E-state index contributed by atoms with van der Waals surface area (Å²) in [6.45, 7) is 6.93. The van der Waals surface area contributed by atoms with Gasteiger partial charge in [0.25, 0.3) is 0 Å². The molecule has 0 amide bonds. The first-order valence-electron chi connectivity index (χ1n) is 4.77. The van der Waals surface area contributed by atoms with Crippen molar-refractivity contribution in [2.45, 2.75) is 25.6 Å². The summed E-state index contributed by atoms with van der Waals surface area (Å²) in [6.07, 6.45) is 4.66. The molecule has 0 aromatic heterocycles. The molecule has 0 saturated carbocycles. The minimum Gasteiger partial charge on any atom is -1.00 e. The van der Waals surface area contributed by atoms with E-state index < -0.39 is 0 Å². The maximum Gasteiger partial charge on any atom is 1.00 e. The van der Waals surface area contributed by atoms with Crippen molar-refractivity contribution in [2.75, 3.05) is 0 Å². The first-order valence-corrected chi connectivity index (χ1v) is 7.35. The molecule has 1 aliphatic carbocycles. The molecule has 0 bridgehead atoms. The minimum atomic E-state index is -0.224. The molecule has 0 fully saturated rings. The van der Waals surface area contributed by atoms with Gasteiger partial charge in [-0.15, -0.1) is 0 Å². The molecule has 0 saturated heterocycles. The molecule has 0 nitrogen and oxygen atoms in total. The number of allylic oxidation sites excluding steroid dienone is 1. The molecule has 1 radical (unpaired) electrons. The van der Waals surface area contributed by atoms with Crippen LogP contribution in [0, 0.1) is 6.92 Å². The number of aryl methyl sites for hydroxylation is 1. The fourth-order valence-corrected chi connectivity index (χ4v) is 3.29. The third kappa shape index (κ3) is 2.22. The molecular formula is C12H16NaSi. The van der Waals surface area contributed by atoms with Crippen LogP contribution in [0.2, 0.25) is 13.1 Å². The van der Waals surface area contributed by atoms with Crippen molar-refractivity contribution in [3.8, 4) is 0 Å². The van der Waals surface area contributed by atoms with Crippen molar-refractivity contribution in [2.24, 2.45) is 0 Å². The molecule has 2 rings (SSSR count). The van der Waals surface area contributed by atoms with Gasteiger partial charge >= 0.3 is 29.6 Å². The second-order valence-electron chi connectivity index (χ2n) is 4.05. The van der Waals surface area contributed by atoms with Crippen molar-refractivity contribution in [3.63, 3.8) is 0 Å². The van der Waals surface area contributed by atoms with Gasteiger partial charge < -0.3 is 1.43 Å². The van der Waals surface area contributed by atoms with Gasteiger partial charge in [-0.3, -0.25) is 0 Å². The third-order valence-corrected chi connectivity index (χ3v) is 4.42. The first-order chi connectivity index (χ1) is 6.18. The van der Waals surface area contributed by atoms with Crippen LogP contribution in [0.1, 0.15) is 23.7 Å². The summed E-state index contributed by atoms with van der Waals surface area (Å²) < 4.78 is 0. The Morgan fingerprint density at radius 2 is 2.00 bits per heavy atom.